The minimum absolute atomic E-state index is 0. The fraction of sp³-hybridized carbons (Fsp3) is 0.147. The molecule has 1 unspecified atom stereocenters. The number of fused-ring (bicyclic) bond motifs is 3. The standard InChI is InChI=1S/C13H9.C13H13.C6H5.CH3.CH2.2ClH.Zr/c1-3-7-12-10(5-1)9-11-6-2-4-8-13(11)12;1-10-8-11(2)13(9-10)12-6-4-3-5-7-12;1-2-4-6-5-3-1;;;;;/h1-5,7-8H,9H2;3-7,9-10H,1-2H3;1-5H;1H3;1H2;2*1H;. The monoisotopic (exact) mass is 602 g/mol. The van der Waals surface area contributed by atoms with Gasteiger partial charge in [0.1, 0.15) is 0 Å². The first-order chi connectivity index (χ1) is 16.9. The third kappa shape index (κ3) is 4.11. The van der Waals surface area contributed by atoms with E-state index in [0.29, 0.717) is 5.92 Å². The molecular weight excluding hydrogens is 571 g/mol. The molecule has 188 valence electrons. The van der Waals surface area contributed by atoms with Crippen molar-refractivity contribution in [3.05, 3.63) is 135 Å². The number of allylic oxidation sites excluding steroid dienone is 4. The number of benzene rings is 4. The van der Waals surface area contributed by atoms with Crippen LogP contribution in [0.15, 0.2) is 118 Å². The van der Waals surface area contributed by atoms with Crippen molar-refractivity contribution in [3.63, 3.8) is 0 Å². The maximum absolute atomic E-state index is 5.41. The van der Waals surface area contributed by atoms with Crippen LogP contribution in [-0.4, -0.2) is 4.21 Å². The summed E-state index contributed by atoms with van der Waals surface area (Å²) in [5.74, 6) is 0.359. The summed E-state index contributed by atoms with van der Waals surface area (Å²) in [4.78, 5) is 0. The van der Waals surface area contributed by atoms with Gasteiger partial charge in [-0.05, 0) is 0 Å². The molecule has 0 bridgehead atoms. The Morgan fingerprint density at radius 2 is 1.32 bits per heavy atom. The molecule has 0 radical (unpaired) electrons. The Morgan fingerprint density at radius 1 is 0.730 bits per heavy atom. The number of hydrogen-bond donors (Lipinski definition) is 0. The molecular formula is C34H34Cl2Zr. The summed E-state index contributed by atoms with van der Waals surface area (Å²) in [6.07, 6.45) is 3.49. The first-order valence-corrected chi connectivity index (χ1v) is 20.6. The molecule has 4 aromatic carbocycles. The van der Waals surface area contributed by atoms with E-state index in [2.05, 4.69) is 128 Å². The topological polar surface area (TPSA) is 0 Å². The molecule has 0 aromatic heterocycles. The molecule has 3 heteroatoms. The Bertz CT molecular complexity index is 1600. The molecule has 0 spiro atoms. The van der Waals surface area contributed by atoms with Crippen LogP contribution >= 0.6 is 24.8 Å². The molecule has 0 N–H and O–H groups in total. The van der Waals surface area contributed by atoms with E-state index in [1.807, 2.05) is 0 Å². The summed E-state index contributed by atoms with van der Waals surface area (Å²) in [6.45, 7) is 4.73. The molecule has 37 heavy (non-hydrogen) atoms. The zero-order valence-electron chi connectivity index (χ0n) is 21.7. The average molecular weight is 605 g/mol. The molecule has 0 aliphatic heterocycles. The van der Waals surface area contributed by atoms with Crippen LogP contribution in [0, 0.1) is 5.92 Å². The third-order valence-corrected chi connectivity index (χ3v) is 23.7. The van der Waals surface area contributed by atoms with Crippen molar-refractivity contribution >= 4 is 41.1 Å². The van der Waals surface area contributed by atoms with Gasteiger partial charge in [0.25, 0.3) is 0 Å². The van der Waals surface area contributed by atoms with Crippen molar-refractivity contribution in [2.45, 2.75) is 24.9 Å². The minimum atomic E-state index is -4.24. The van der Waals surface area contributed by atoms with E-state index in [4.69, 9.17) is 4.21 Å². The Balaban J connectivity index is 0.00000160. The van der Waals surface area contributed by atoms with Gasteiger partial charge in [0.05, 0.1) is 0 Å². The van der Waals surface area contributed by atoms with E-state index >= 15 is 0 Å². The van der Waals surface area contributed by atoms with E-state index in [9.17, 15) is 0 Å². The second kappa shape index (κ2) is 10.1. The summed E-state index contributed by atoms with van der Waals surface area (Å²) >= 11 is -4.24. The van der Waals surface area contributed by atoms with Crippen LogP contribution in [-0.2, 0) is 24.7 Å². The van der Waals surface area contributed by atoms with Crippen LogP contribution in [0.3, 0.4) is 0 Å². The SMILES string of the molecule is Cl.Cl.[CH2]=[Zr]([CH3])([C]1=C(C)C(c2ccccc2)=CC1C)([c]1ccccc1)[c]1cccc2c1Cc1ccccc1-2. The van der Waals surface area contributed by atoms with Gasteiger partial charge in [-0.25, -0.2) is 0 Å². The zero-order chi connectivity index (χ0) is 24.2. The van der Waals surface area contributed by atoms with Crippen LogP contribution in [0.5, 0.6) is 0 Å². The van der Waals surface area contributed by atoms with Gasteiger partial charge in [0, 0.05) is 0 Å². The van der Waals surface area contributed by atoms with Crippen molar-refractivity contribution in [3.8, 4) is 11.1 Å². The van der Waals surface area contributed by atoms with Crippen LogP contribution < -0.4 is 6.54 Å². The molecule has 0 saturated carbocycles. The van der Waals surface area contributed by atoms with Crippen molar-refractivity contribution in [1.82, 2.24) is 0 Å². The molecule has 0 amide bonds. The number of halogens is 2. The molecule has 1 atom stereocenters. The van der Waals surface area contributed by atoms with Gasteiger partial charge in [-0.15, -0.1) is 24.8 Å². The molecule has 0 heterocycles. The van der Waals surface area contributed by atoms with Crippen molar-refractivity contribution in [1.29, 1.82) is 0 Å². The van der Waals surface area contributed by atoms with E-state index in [1.165, 1.54) is 45.5 Å². The second-order valence-electron chi connectivity index (χ2n) is 10.8. The van der Waals surface area contributed by atoms with Gasteiger partial charge in [0.15, 0.2) is 0 Å². The third-order valence-electron chi connectivity index (χ3n) is 8.63. The fourth-order valence-electron chi connectivity index (χ4n) is 7.14. The summed E-state index contributed by atoms with van der Waals surface area (Å²) < 4.78 is 12.6. The maximum atomic E-state index is 5.41. The molecule has 0 nitrogen and oxygen atoms in total. The Hall–Kier alpha value is -2.31. The summed E-state index contributed by atoms with van der Waals surface area (Å²) in [7, 11) is 0. The van der Waals surface area contributed by atoms with Crippen molar-refractivity contribution < 1.29 is 18.3 Å². The van der Waals surface area contributed by atoms with Gasteiger partial charge in [-0.3, -0.25) is 0 Å². The number of hydrogen-bond acceptors (Lipinski definition) is 0. The predicted molar refractivity (Wildman–Crippen MR) is 164 cm³/mol. The molecule has 0 fully saturated rings. The molecule has 0 saturated heterocycles. The molecule has 2 aliphatic carbocycles. The van der Waals surface area contributed by atoms with Gasteiger partial charge >= 0.3 is 211 Å². The fourth-order valence-corrected chi connectivity index (χ4v) is 22.0. The van der Waals surface area contributed by atoms with Crippen molar-refractivity contribution in [2.75, 3.05) is 0 Å². The Kier molecular flexibility index (Phi) is 7.57. The van der Waals surface area contributed by atoms with Gasteiger partial charge in [-0.2, -0.15) is 0 Å². The van der Waals surface area contributed by atoms with Crippen LogP contribution in [0.2, 0.25) is 4.63 Å². The van der Waals surface area contributed by atoms with Crippen LogP contribution in [0.25, 0.3) is 16.7 Å². The Morgan fingerprint density at radius 3 is 2.03 bits per heavy atom. The normalized spacial score (nSPS) is 16.3. The first-order valence-electron chi connectivity index (χ1n) is 12.7. The Labute approximate surface area is 234 Å². The van der Waals surface area contributed by atoms with Gasteiger partial charge in [0.2, 0.25) is 0 Å². The summed E-state index contributed by atoms with van der Waals surface area (Å²) in [5, 5.41) is 0. The van der Waals surface area contributed by atoms with E-state index in [1.54, 1.807) is 3.28 Å². The quantitative estimate of drug-likeness (QED) is 0.194. The molecule has 4 aromatic rings. The van der Waals surface area contributed by atoms with E-state index < -0.39 is 18.3 Å². The van der Waals surface area contributed by atoms with Crippen LogP contribution in [0.4, 0.5) is 0 Å². The first kappa shape index (κ1) is 27.7. The van der Waals surface area contributed by atoms with Gasteiger partial charge < -0.3 is 0 Å². The van der Waals surface area contributed by atoms with E-state index in [-0.39, 0.29) is 24.8 Å². The van der Waals surface area contributed by atoms with Crippen LogP contribution in [0.1, 0.15) is 30.5 Å². The summed E-state index contributed by atoms with van der Waals surface area (Å²) in [6, 6.07) is 38.1. The van der Waals surface area contributed by atoms with E-state index in [0.717, 1.165) is 6.42 Å². The predicted octanol–water partition coefficient (Wildman–Crippen LogP) is 8.23. The molecule has 6 rings (SSSR count). The second-order valence-corrected chi connectivity index (χ2v) is 24.8. The zero-order valence-corrected chi connectivity index (χ0v) is 25.8. The summed E-state index contributed by atoms with van der Waals surface area (Å²) in [5.41, 5.74) is 9.86. The number of rotatable bonds is 4. The average Bonchev–Trinajstić information content (AvgIpc) is 3.42. The van der Waals surface area contributed by atoms with Gasteiger partial charge in [-0.1, -0.05) is 0 Å². The van der Waals surface area contributed by atoms with Crippen molar-refractivity contribution in [2.24, 2.45) is 5.92 Å². The molecule has 2 aliphatic rings.